The number of hydrogen-bond donors (Lipinski definition) is 2. The number of ether oxygens (including phenoxy) is 2. The van der Waals surface area contributed by atoms with Gasteiger partial charge in [-0.25, -0.2) is 9.98 Å². The van der Waals surface area contributed by atoms with Gasteiger partial charge in [-0.15, -0.1) is 0 Å². The van der Waals surface area contributed by atoms with Gasteiger partial charge in [0.2, 0.25) is 0 Å². The lowest BCUT2D eigenvalue weighted by molar-refractivity contribution is 0.354. The molecule has 1 aromatic heterocycles. The monoisotopic (exact) mass is 379 g/mol. The lowest BCUT2D eigenvalue weighted by Gasteiger charge is -2.09. The zero-order chi connectivity index (χ0) is 19.8. The van der Waals surface area contributed by atoms with Crippen LogP contribution in [0.3, 0.4) is 0 Å². The molecule has 7 nitrogen and oxygen atoms in total. The van der Waals surface area contributed by atoms with Crippen molar-refractivity contribution in [3.05, 3.63) is 77.9 Å². The van der Waals surface area contributed by atoms with Crippen LogP contribution in [0.2, 0.25) is 0 Å². The van der Waals surface area contributed by atoms with Crippen LogP contribution in [-0.4, -0.2) is 29.7 Å². The first kappa shape index (κ1) is 19.3. The minimum Gasteiger partial charge on any atom is -0.493 e. The molecule has 1 heterocycles. The molecule has 7 heteroatoms. The summed E-state index contributed by atoms with van der Waals surface area (Å²) >= 11 is 0. The molecule has 0 saturated carbocycles. The molecular weight excluding hydrogens is 354 g/mol. The van der Waals surface area contributed by atoms with E-state index in [0.717, 1.165) is 17.7 Å². The number of imidazole rings is 1. The number of hydrogen-bond acceptors (Lipinski definition) is 4. The summed E-state index contributed by atoms with van der Waals surface area (Å²) in [7, 11) is 3.23. The van der Waals surface area contributed by atoms with Crippen molar-refractivity contribution < 1.29 is 9.47 Å². The van der Waals surface area contributed by atoms with Crippen LogP contribution in [0, 0.1) is 0 Å². The summed E-state index contributed by atoms with van der Waals surface area (Å²) in [5, 5.41) is 3.14. The number of nitrogens with two attached hydrogens (primary N) is 1. The fourth-order valence-corrected chi connectivity index (χ4v) is 2.76. The average Bonchev–Trinajstić information content (AvgIpc) is 3.24. The fraction of sp³-hybridized carbons (Fsp3) is 0.238. The Hall–Kier alpha value is -3.48. The van der Waals surface area contributed by atoms with E-state index >= 15 is 0 Å². The third-order valence-electron chi connectivity index (χ3n) is 4.30. The quantitative estimate of drug-likeness (QED) is 0.464. The Kier molecular flexibility index (Phi) is 6.51. The first-order valence-corrected chi connectivity index (χ1v) is 8.96. The number of nitrogens with zero attached hydrogens (tertiary/aromatic N) is 3. The van der Waals surface area contributed by atoms with E-state index in [-0.39, 0.29) is 0 Å². The Morgan fingerprint density at radius 1 is 1.04 bits per heavy atom. The summed E-state index contributed by atoms with van der Waals surface area (Å²) in [6.45, 7) is 1.89. The molecule has 0 aliphatic rings. The van der Waals surface area contributed by atoms with Crippen molar-refractivity contribution in [2.75, 3.05) is 14.2 Å². The molecule has 3 N–H and O–H groups in total. The van der Waals surface area contributed by atoms with Crippen LogP contribution in [-0.2, 0) is 19.6 Å². The SMILES string of the molecule is COc1ccc(CN=C(N)NCc2ccc(Cn3ccnc3)cc2)cc1OC. The van der Waals surface area contributed by atoms with Gasteiger partial charge in [-0.2, -0.15) is 0 Å². The highest BCUT2D eigenvalue weighted by molar-refractivity contribution is 5.77. The summed E-state index contributed by atoms with van der Waals surface area (Å²) in [4.78, 5) is 8.44. The maximum absolute atomic E-state index is 5.99. The van der Waals surface area contributed by atoms with Crippen LogP contribution < -0.4 is 20.5 Å². The second kappa shape index (κ2) is 9.45. The molecule has 0 aliphatic heterocycles. The van der Waals surface area contributed by atoms with Gasteiger partial charge in [-0.3, -0.25) is 0 Å². The largest absolute Gasteiger partial charge is 0.493 e. The number of aromatic nitrogens is 2. The number of benzene rings is 2. The van der Waals surface area contributed by atoms with Gasteiger partial charge in [0.15, 0.2) is 17.5 Å². The highest BCUT2D eigenvalue weighted by Gasteiger charge is 2.04. The number of aliphatic imine (C=N–C) groups is 1. The van der Waals surface area contributed by atoms with Crippen molar-refractivity contribution >= 4 is 5.96 Å². The summed E-state index contributed by atoms with van der Waals surface area (Å²) in [6.07, 6.45) is 5.54. The van der Waals surface area contributed by atoms with Crippen LogP contribution in [0.5, 0.6) is 11.5 Å². The number of rotatable bonds is 8. The Morgan fingerprint density at radius 2 is 1.75 bits per heavy atom. The van der Waals surface area contributed by atoms with E-state index < -0.39 is 0 Å². The fourth-order valence-electron chi connectivity index (χ4n) is 2.76. The maximum atomic E-state index is 5.99. The van der Waals surface area contributed by atoms with Gasteiger partial charge in [0, 0.05) is 25.5 Å². The van der Waals surface area contributed by atoms with Crippen molar-refractivity contribution in [1.29, 1.82) is 0 Å². The van der Waals surface area contributed by atoms with Crippen molar-refractivity contribution in [3.8, 4) is 11.5 Å². The molecule has 0 unspecified atom stereocenters. The zero-order valence-corrected chi connectivity index (χ0v) is 16.1. The Morgan fingerprint density at radius 3 is 2.43 bits per heavy atom. The van der Waals surface area contributed by atoms with Gasteiger partial charge in [-0.05, 0) is 28.8 Å². The van der Waals surface area contributed by atoms with E-state index in [1.165, 1.54) is 5.56 Å². The van der Waals surface area contributed by atoms with Crippen LogP contribution in [0.4, 0.5) is 0 Å². The van der Waals surface area contributed by atoms with Crippen LogP contribution in [0.1, 0.15) is 16.7 Å². The van der Waals surface area contributed by atoms with Gasteiger partial charge >= 0.3 is 0 Å². The second-order valence-electron chi connectivity index (χ2n) is 6.30. The molecule has 3 aromatic rings. The molecular formula is C21H25N5O2. The van der Waals surface area contributed by atoms with E-state index in [0.29, 0.717) is 30.5 Å². The minimum atomic E-state index is 0.400. The van der Waals surface area contributed by atoms with Crippen LogP contribution in [0.15, 0.2) is 66.2 Å². The molecule has 0 fully saturated rings. The first-order valence-electron chi connectivity index (χ1n) is 8.96. The maximum Gasteiger partial charge on any atom is 0.189 e. The molecule has 0 saturated heterocycles. The third-order valence-corrected chi connectivity index (χ3v) is 4.30. The number of nitrogens with one attached hydrogen (secondary N) is 1. The van der Waals surface area contributed by atoms with E-state index in [1.54, 1.807) is 20.4 Å². The Labute approximate surface area is 164 Å². The summed E-state index contributed by atoms with van der Waals surface area (Å²) in [5.74, 6) is 1.77. The lowest BCUT2D eigenvalue weighted by Crippen LogP contribution is -2.31. The molecule has 0 bridgehead atoms. The normalized spacial score (nSPS) is 11.3. The van der Waals surface area contributed by atoms with Gasteiger partial charge < -0.3 is 25.1 Å². The molecule has 0 amide bonds. The van der Waals surface area contributed by atoms with E-state index in [9.17, 15) is 0 Å². The number of guanidine groups is 1. The minimum absolute atomic E-state index is 0.400. The smallest absolute Gasteiger partial charge is 0.189 e. The predicted molar refractivity (Wildman–Crippen MR) is 109 cm³/mol. The first-order chi connectivity index (χ1) is 13.7. The standard InChI is InChI=1S/C21H25N5O2/c1-27-19-8-7-18(11-20(19)28-2)13-25-21(22)24-12-16-3-5-17(6-4-16)14-26-10-9-23-15-26/h3-11,15H,12-14H2,1-2H3,(H3,22,24,25). The van der Waals surface area contributed by atoms with Crippen LogP contribution in [0.25, 0.3) is 0 Å². The predicted octanol–water partition coefficient (Wildman–Crippen LogP) is 2.55. The Bertz CT molecular complexity index is 905. The van der Waals surface area contributed by atoms with Crippen molar-refractivity contribution in [3.63, 3.8) is 0 Å². The molecule has 0 atom stereocenters. The van der Waals surface area contributed by atoms with Gasteiger partial charge in [-0.1, -0.05) is 30.3 Å². The zero-order valence-electron chi connectivity index (χ0n) is 16.1. The molecule has 0 spiro atoms. The van der Waals surface area contributed by atoms with Gasteiger partial charge in [0.25, 0.3) is 0 Å². The molecule has 3 rings (SSSR count). The Balaban J connectivity index is 1.51. The molecule has 146 valence electrons. The van der Waals surface area contributed by atoms with Crippen LogP contribution >= 0.6 is 0 Å². The van der Waals surface area contributed by atoms with E-state index in [4.69, 9.17) is 15.2 Å². The van der Waals surface area contributed by atoms with E-state index in [2.05, 4.69) is 39.6 Å². The molecule has 2 aromatic carbocycles. The second-order valence-corrected chi connectivity index (χ2v) is 6.30. The van der Waals surface area contributed by atoms with E-state index in [1.807, 2.05) is 35.3 Å². The topological polar surface area (TPSA) is 86.7 Å². The molecule has 0 aliphatic carbocycles. The summed E-state index contributed by atoms with van der Waals surface area (Å²) in [6, 6.07) is 14.1. The van der Waals surface area contributed by atoms with Crippen molar-refractivity contribution in [1.82, 2.24) is 14.9 Å². The van der Waals surface area contributed by atoms with Crippen molar-refractivity contribution in [2.24, 2.45) is 10.7 Å². The summed E-state index contributed by atoms with van der Waals surface area (Å²) < 4.78 is 12.6. The number of methoxy groups -OCH3 is 2. The highest BCUT2D eigenvalue weighted by Crippen LogP contribution is 2.27. The average molecular weight is 379 g/mol. The van der Waals surface area contributed by atoms with Crippen molar-refractivity contribution in [2.45, 2.75) is 19.6 Å². The third kappa shape index (κ3) is 5.26. The highest BCUT2D eigenvalue weighted by atomic mass is 16.5. The molecule has 0 radical (unpaired) electrons. The lowest BCUT2D eigenvalue weighted by atomic mass is 10.1. The molecule has 28 heavy (non-hydrogen) atoms. The van der Waals surface area contributed by atoms with Gasteiger partial charge in [0.1, 0.15) is 0 Å². The summed E-state index contributed by atoms with van der Waals surface area (Å²) in [5.41, 5.74) is 9.34. The van der Waals surface area contributed by atoms with Gasteiger partial charge in [0.05, 0.1) is 27.1 Å².